The van der Waals surface area contributed by atoms with Crippen LogP contribution in [0, 0.1) is 0 Å². The van der Waals surface area contributed by atoms with Gasteiger partial charge in [0.2, 0.25) is 0 Å². The summed E-state index contributed by atoms with van der Waals surface area (Å²) in [4.78, 5) is 34.9. The SMILES string of the molecule is CCCCCC/C=C\CCCCCCCC(=O)O[C@H](COC(=O)CCC/C=C\C/C=C\C/C=C\C/C=C\CC(O)CCC)COP(=O)(O)OC[C@@H](O)CO. The van der Waals surface area contributed by atoms with Gasteiger partial charge in [0.15, 0.2) is 6.10 Å². The summed E-state index contributed by atoms with van der Waals surface area (Å²) >= 11 is 0. The van der Waals surface area contributed by atoms with Crippen LogP contribution < -0.4 is 0 Å². The number of aliphatic hydroxyl groups is 3. The Bertz CT molecular complexity index is 1100. The summed E-state index contributed by atoms with van der Waals surface area (Å²) in [5.74, 6) is -1.03. The van der Waals surface area contributed by atoms with Crippen molar-refractivity contribution >= 4 is 19.8 Å². The normalized spacial score (nSPS) is 15.1. The molecule has 0 rings (SSSR count). The molecule has 4 atom stereocenters. The zero-order valence-corrected chi connectivity index (χ0v) is 34.2. The molecular weight excluding hydrogens is 711 g/mol. The minimum atomic E-state index is -4.64. The van der Waals surface area contributed by atoms with Crippen LogP contribution >= 0.6 is 7.82 Å². The number of phosphoric acid groups is 1. The van der Waals surface area contributed by atoms with Crippen molar-refractivity contribution in [3.8, 4) is 0 Å². The van der Waals surface area contributed by atoms with Crippen LogP contribution in [-0.4, -0.2) is 76.9 Å². The number of aliphatic hydroxyl groups excluding tert-OH is 3. The molecule has 11 nitrogen and oxygen atoms in total. The van der Waals surface area contributed by atoms with Gasteiger partial charge in [0.05, 0.1) is 25.9 Å². The summed E-state index contributed by atoms with van der Waals surface area (Å²) in [6.45, 7) is 2.06. The van der Waals surface area contributed by atoms with E-state index in [1.807, 2.05) is 18.2 Å². The van der Waals surface area contributed by atoms with Crippen molar-refractivity contribution in [1.29, 1.82) is 0 Å². The zero-order valence-electron chi connectivity index (χ0n) is 33.3. The van der Waals surface area contributed by atoms with E-state index in [1.54, 1.807) is 0 Å². The topological polar surface area (TPSA) is 169 Å². The van der Waals surface area contributed by atoms with Crippen LogP contribution in [0.3, 0.4) is 0 Å². The van der Waals surface area contributed by atoms with E-state index in [2.05, 4.69) is 60.9 Å². The van der Waals surface area contributed by atoms with Gasteiger partial charge in [-0.3, -0.25) is 18.6 Å². The summed E-state index contributed by atoms with van der Waals surface area (Å²) in [6.07, 6.45) is 36.8. The Morgan fingerprint density at radius 2 is 1.11 bits per heavy atom. The number of unbranched alkanes of at least 4 members (excludes halogenated alkanes) is 10. The molecule has 2 unspecified atom stereocenters. The van der Waals surface area contributed by atoms with Gasteiger partial charge in [0.25, 0.3) is 0 Å². The van der Waals surface area contributed by atoms with Crippen LogP contribution in [0.5, 0.6) is 0 Å². The molecule has 12 heteroatoms. The maximum absolute atomic E-state index is 12.6. The van der Waals surface area contributed by atoms with Crippen molar-refractivity contribution in [3.05, 3.63) is 60.8 Å². The number of carbonyl (C=O) groups excluding carboxylic acids is 2. The average molecular weight is 785 g/mol. The van der Waals surface area contributed by atoms with Gasteiger partial charge in [-0.1, -0.05) is 120 Å². The van der Waals surface area contributed by atoms with E-state index in [0.29, 0.717) is 25.7 Å². The fourth-order valence-electron chi connectivity index (χ4n) is 5.05. The number of carbonyl (C=O) groups is 2. The minimum absolute atomic E-state index is 0.147. The van der Waals surface area contributed by atoms with Gasteiger partial charge in [0.1, 0.15) is 12.7 Å². The number of phosphoric ester groups is 1. The highest BCUT2D eigenvalue weighted by Crippen LogP contribution is 2.43. The third-order valence-electron chi connectivity index (χ3n) is 8.20. The first-order valence-corrected chi connectivity index (χ1v) is 21.8. The first-order chi connectivity index (χ1) is 26.1. The van der Waals surface area contributed by atoms with Crippen molar-refractivity contribution < 1.29 is 52.9 Å². The monoisotopic (exact) mass is 784 g/mol. The molecule has 54 heavy (non-hydrogen) atoms. The van der Waals surface area contributed by atoms with E-state index in [9.17, 15) is 29.3 Å². The van der Waals surface area contributed by atoms with E-state index in [-0.39, 0.29) is 25.6 Å². The Hall–Kier alpha value is -2.37. The first kappa shape index (κ1) is 51.6. The van der Waals surface area contributed by atoms with Gasteiger partial charge in [-0.05, 0) is 77.0 Å². The summed E-state index contributed by atoms with van der Waals surface area (Å²) < 4.78 is 32.5. The quantitative estimate of drug-likeness (QED) is 0.0205. The third-order valence-corrected chi connectivity index (χ3v) is 9.15. The maximum Gasteiger partial charge on any atom is 0.472 e. The number of ether oxygens (including phenoxy) is 2. The molecule has 0 bridgehead atoms. The fourth-order valence-corrected chi connectivity index (χ4v) is 5.84. The Labute approximate surface area is 326 Å². The molecule has 0 aliphatic heterocycles. The molecule has 0 heterocycles. The molecule has 0 aromatic carbocycles. The van der Waals surface area contributed by atoms with E-state index in [0.717, 1.165) is 70.6 Å². The predicted molar refractivity (Wildman–Crippen MR) is 216 cm³/mol. The molecule has 0 spiro atoms. The lowest BCUT2D eigenvalue weighted by molar-refractivity contribution is -0.161. The van der Waals surface area contributed by atoms with Crippen molar-refractivity contribution in [1.82, 2.24) is 0 Å². The van der Waals surface area contributed by atoms with Crippen molar-refractivity contribution in [2.75, 3.05) is 26.4 Å². The van der Waals surface area contributed by atoms with Crippen LogP contribution in [-0.2, 0) is 32.7 Å². The Morgan fingerprint density at radius 1 is 0.593 bits per heavy atom. The molecule has 0 aliphatic carbocycles. The fraction of sp³-hybridized carbons (Fsp3) is 0.714. The number of hydrogen-bond acceptors (Lipinski definition) is 10. The number of esters is 2. The molecule has 0 saturated carbocycles. The minimum Gasteiger partial charge on any atom is -0.462 e. The molecule has 0 aromatic heterocycles. The van der Waals surface area contributed by atoms with E-state index in [4.69, 9.17) is 19.1 Å². The lowest BCUT2D eigenvalue weighted by Crippen LogP contribution is -2.29. The molecule has 4 N–H and O–H groups in total. The summed E-state index contributed by atoms with van der Waals surface area (Å²) in [6, 6.07) is 0. The zero-order chi connectivity index (χ0) is 40.0. The van der Waals surface area contributed by atoms with E-state index >= 15 is 0 Å². The van der Waals surface area contributed by atoms with E-state index < -0.39 is 51.8 Å². The van der Waals surface area contributed by atoms with E-state index in [1.165, 1.54) is 25.7 Å². The third kappa shape index (κ3) is 36.6. The maximum atomic E-state index is 12.6. The number of allylic oxidation sites excluding steroid dienone is 9. The van der Waals surface area contributed by atoms with Gasteiger partial charge in [-0.2, -0.15) is 0 Å². The second-order valence-electron chi connectivity index (χ2n) is 13.5. The van der Waals surface area contributed by atoms with Gasteiger partial charge in [-0.25, -0.2) is 4.57 Å². The van der Waals surface area contributed by atoms with Crippen LogP contribution in [0.15, 0.2) is 60.8 Å². The number of hydrogen-bond donors (Lipinski definition) is 4. The Kier molecular flexibility index (Phi) is 35.9. The highest BCUT2D eigenvalue weighted by atomic mass is 31.2. The summed E-state index contributed by atoms with van der Waals surface area (Å²) in [5.41, 5.74) is 0. The Balaban J connectivity index is 4.47. The largest absolute Gasteiger partial charge is 0.472 e. The Morgan fingerprint density at radius 3 is 1.74 bits per heavy atom. The molecule has 0 aromatic rings. The second-order valence-corrected chi connectivity index (χ2v) is 14.9. The summed E-state index contributed by atoms with van der Waals surface area (Å²) in [5, 5.41) is 28.0. The molecule has 0 radical (unpaired) electrons. The van der Waals surface area contributed by atoms with Crippen molar-refractivity contribution in [2.24, 2.45) is 0 Å². The molecule has 0 fully saturated rings. The standard InChI is InChI=1S/C42H73O11P/c1-3-5-6-7-8-9-10-12-17-20-23-26-29-33-42(47)53-40(37-52-54(48,49)51-35-39(45)34-43)36-50-41(46)32-28-25-22-19-16-14-11-13-15-18-21-24-27-31-38(44)30-4-2/h9-11,14-15,18-19,22,24,27,38-40,43-45H,3-8,12-13,16-17,20-21,23,25-26,28-37H2,1-2H3,(H,48,49)/b10-9-,14-11-,18-15-,22-19-,27-24-/t38?,39-,40+/m0/s1. The molecule has 0 aliphatic rings. The highest BCUT2D eigenvalue weighted by Gasteiger charge is 2.27. The van der Waals surface area contributed by atoms with Crippen LogP contribution in [0.4, 0.5) is 0 Å². The van der Waals surface area contributed by atoms with Gasteiger partial charge >= 0.3 is 19.8 Å². The number of rotatable bonds is 37. The van der Waals surface area contributed by atoms with Gasteiger partial charge < -0.3 is 29.7 Å². The molecule has 0 amide bonds. The highest BCUT2D eigenvalue weighted by molar-refractivity contribution is 7.47. The molecule has 0 saturated heterocycles. The summed E-state index contributed by atoms with van der Waals surface area (Å²) in [7, 11) is -4.64. The lowest BCUT2D eigenvalue weighted by Gasteiger charge is -2.20. The first-order valence-electron chi connectivity index (χ1n) is 20.3. The lowest BCUT2D eigenvalue weighted by atomic mass is 10.1. The molecular formula is C42H73O11P. The van der Waals surface area contributed by atoms with Crippen LogP contribution in [0.1, 0.15) is 149 Å². The second kappa shape index (κ2) is 37.5. The smallest absolute Gasteiger partial charge is 0.462 e. The molecule has 312 valence electrons. The van der Waals surface area contributed by atoms with Crippen LogP contribution in [0.2, 0.25) is 0 Å². The predicted octanol–water partition coefficient (Wildman–Crippen LogP) is 9.30. The average Bonchev–Trinajstić information content (AvgIpc) is 3.15. The van der Waals surface area contributed by atoms with Crippen molar-refractivity contribution in [3.63, 3.8) is 0 Å². The van der Waals surface area contributed by atoms with Gasteiger partial charge in [-0.15, -0.1) is 0 Å². The van der Waals surface area contributed by atoms with Gasteiger partial charge in [0, 0.05) is 12.8 Å². The van der Waals surface area contributed by atoms with Crippen LogP contribution in [0.25, 0.3) is 0 Å². The van der Waals surface area contributed by atoms with Crippen molar-refractivity contribution in [2.45, 2.75) is 167 Å².